The highest BCUT2D eigenvalue weighted by molar-refractivity contribution is 9.10. The summed E-state index contributed by atoms with van der Waals surface area (Å²) in [5.41, 5.74) is 0. The van der Waals surface area contributed by atoms with Crippen molar-refractivity contribution in [2.24, 2.45) is 0 Å². The van der Waals surface area contributed by atoms with E-state index < -0.39 is 0 Å². The van der Waals surface area contributed by atoms with E-state index in [9.17, 15) is 0 Å². The van der Waals surface area contributed by atoms with Crippen LogP contribution in [0.3, 0.4) is 0 Å². The summed E-state index contributed by atoms with van der Waals surface area (Å²) < 4.78 is 17.9. The molecule has 1 saturated heterocycles. The molecule has 0 spiro atoms. The maximum absolute atomic E-state index is 5.89. The zero-order valence-electron chi connectivity index (χ0n) is 13.1. The molecule has 0 aliphatic carbocycles. The summed E-state index contributed by atoms with van der Waals surface area (Å²) in [6.45, 7) is 9.27. The van der Waals surface area contributed by atoms with E-state index in [0.717, 1.165) is 36.5 Å². The van der Waals surface area contributed by atoms with E-state index in [-0.39, 0.29) is 0 Å². The molecule has 3 atom stereocenters. The van der Waals surface area contributed by atoms with E-state index in [1.54, 1.807) is 4.90 Å². The first-order valence-corrected chi connectivity index (χ1v) is 8.86. The van der Waals surface area contributed by atoms with Crippen molar-refractivity contribution in [1.82, 2.24) is 0 Å². The van der Waals surface area contributed by atoms with Gasteiger partial charge in [0.1, 0.15) is 44.2 Å². The van der Waals surface area contributed by atoms with Crippen LogP contribution < -0.4 is 9.64 Å². The monoisotopic (exact) mass is 392 g/mol. The molecule has 1 aromatic carbocycles. The fraction of sp³-hybridized carbons (Fsp3) is 0.625. The van der Waals surface area contributed by atoms with Gasteiger partial charge in [0, 0.05) is 5.02 Å². The summed E-state index contributed by atoms with van der Waals surface area (Å²) >= 11 is 9.32. The van der Waals surface area contributed by atoms with Gasteiger partial charge in [-0.3, -0.25) is 0 Å². The van der Waals surface area contributed by atoms with Crippen LogP contribution in [-0.2, 0) is 9.47 Å². The minimum atomic E-state index is 0.337. The van der Waals surface area contributed by atoms with Gasteiger partial charge in [0.15, 0.2) is 0 Å². The van der Waals surface area contributed by atoms with Gasteiger partial charge >= 0.3 is 0 Å². The molecule has 124 valence electrons. The van der Waals surface area contributed by atoms with Crippen LogP contribution in [-0.4, -0.2) is 51.7 Å². The van der Waals surface area contributed by atoms with Crippen molar-refractivity contribution < 1.29 is 19.1 Å². The largest absolute Gasteiger partial charge is 0.490 e. The van der Waals surface area contributed by atoms with Crippen LogP contribution in [0.15, 0.2) is 22.7 Å². The molecular weight excluding hydrogens is 370 g/mol. The highest BCUT2D eigenvalue weighted by Gasteiger charge is 2.24. The van der Waals surface area contributed by atoms with E-state index >= 15 is 0 Å². The standard InChI is InChI=1S/C16H23BrClNO3/c1-12-10-19(11-13(2)22-12)5-6-20-7-8-21-16-4-3-14(18)9-15(16)17/h3-4,9,12-13H,5-8,10-11H2,1-2H3/p+1/t12-,13+. The normalized spacial score (nSPS) is 25.2. The van der Waals surface area contributed by atoms with Crippen LogP contribution >= 0.6 is 27.5 Å². The van der Waals surface area contributed by atoms with Crippen molar-refractivity contribution in [2.45, 2.75) is 26.1 Å². The summed E-state index contributed by atoms with van der Waals surface area (Å²) in [4.78, 5) is 1.55. The highest BCUT2D eigenvalue weighted by Crippen LogP contribution is 2.27. The maximum Gasteiger partial charge on any atom is 0.133 e. The first-order valence-electron chi connectivity index (χ1n) is 7.69. The third-order valence-electron chi connectivity index (χ3n) is 3.60. The number of benzene rings is 1. The average Bonchev–Trinajstić information content (AvgIpc) is 2.43. The maximum atomic E-state index is 5.89. The van der Waals surface area contributed by atoms with Gasteiger partial charge in [0.2, 0.25) is 0 Å². The van der Waals surface area contributed by atoms with E-state index in [1.807, 2.05) is 18.2 Å². The van der Waals surface area contributed by atoms with Gasteiger partial charge in [0.25, 0.3) is 0 Å². The van der Waals surface area contributed by atoms with Crippen molar-refractivity contribution in [3.8, 4) is 5.75 Å². The number of quaternary nitrogens is 1. The summed E-state index contributed by atoms with van der Waals surface area (Å²) in [5.74, 6) is 0.787. The van der Waals surface area contributed by atoms with Gasteiger partial charge in [0.05, 0.1) is 17.7 Å². The number of ether oxygens (including phenoxy) is 3. The van der Waals surface area contributed by atoms with E-state index in [4.69, 9.17) is 25.8 Å². The Morgan fingerprint density at radius 1 is 1.23 bits per heavy atom. The molecular formula is C16H24BrClNO3+. The summed E-state index contributed by atoms with van der Waals surface area (Å²) in [7, 11) is 0. The molecule has 1 aromatic rings. The lowest BCUT2D eigenvalue weighted by atomic mass is 10.2. The lowest BCUT2D eigenvalue weighted by molar-refractivity contribution is -0.915. The molecule has 22 heavy (non-hydrogen) atoms. The van der Waals surface area contributed by atoms with Gasteiger partial charge in [-0.1, -0.05) is 11.6 Å². The number of nitrogens with one attached hydrogen (secondary N) is 1. The third-order valence-corrected chi connectivity index (χ3v) is 4.45. The quantitative estimate of drug-likeness (QED) is 0.721. The Balaban J connectivity index is 1.57. The topological polar surface area (TPSA) is 32.1 Å². The molecule has 0 radical (unpaired) electrons. The van der Waals surface area contributed by atoms with E-state index in [0.29, 0.717) is 30.4 Å². The predicted octanol–water partition coefficient (Wildman–Crippen LogP) is 2.19. The molecule has 0 bridgehead atoms. The van der Waals surface area contributed by atoms with Gasteiger partial charge in [-0.2, -0.15) is 0 Å². The lowest BCUT2D eigenvalue weighted by Gasteiger charge is -2.32. The lowest BCUT2D eigenvalue weighted by Crippen LogP contribution is -3.15. The Kier molecular flexibility index (Phi) is 7.44. The smallest absolute Gasteiger partial charge is 0.133 e. The van der Waals surface area contributed by atoms with Crippen LogP contribution in [0, 0.1) is 0 Å². The highest BCUT2D eigenvalue weighted by atomic mass is 79.9. The molecule has 2 rings (SSSR count). The van der Waals surface area contributed by atoms with E-state index in [1.165, 1.54) is 0 Å². The first-order chi connectivity index (χ1) is 10.5. The van der Waals surface area contributed by atoms with Gasteiger partial charge in [-0.05, 0) is 48.0 Å². The molecule has 1 N–H and O–H groups in total. The average molecular weight is 394 g/mol. The second-order valence-electron chi connectivity index (χ2n) is 5.70. The van der Waals surface area contributed by atoms with Gasteiger partial charge in [-0.15, -0.1) is 0 Å². The number of rotatable bonds is 7. The second kappa shape index (κ2) is 9.08. The fourth-order valence-electron chi connectivity index (χ4n) is 2.71. The third kappa shape index (κ3) is 6.05. The molecule has 0 amide bonds. The minimum absolute atomic E-state index is 0.337. The van der Waals surface area contributed by atoms with Crippen LogP contribution in [0.25, 0.3) is 0 Å². The van der Waals surface area contributed by atoms with Crippen LogP contribution in [0.1, 0.15) is 13.8 Å². The molecule has 0 saturated carbocycles. The predicted molar refractivity (Wildman–Crippen MR) is 91.0 cm³/mol. The minimum Gasteiger partial charge on any atom is -0.490 e. The summed E-state index contributed by atoms with van der Waals surface area (Å²) in [6, 6.07) is 5.49. The Morgan fingerprint density at radius 3 is 2.64 bits per heavy atom. The molecule has 1 heterocycles. The summed E-state index contributed by atoms with van der Waals surface area (Å²) in [5, 5.41) is 0.687. The molecule has 1 aliphatic heterocycles. The Labute approximate surface area is 145 Å². The SMILES string of the molecule is C[C@@H]1C[NH+](CCOCCOc2ccc(Cl)cc2Br)C[C@H](C)O1. The van der Waals surface area contributed by atoms with Crippen LogP contribution in [0.2, 0.25) is 5.02 Å². The van der Waals surface area contributed by atoms with Crippen molar-refractivity contribution in [2.75, 3.05) is 39.5 Å². The van der Waals surface area contributed by atoms with Crippen molar-refractivity contribution >= 4 is 27.5 Å². The zero-order valence-corrected chi connectivity index (χ0v) is 15.5. The Bertz CT molecular complexity index is 465. The Morgan fingerprint density at radius 2 is 1.95 bits per heavy atom. The number of hydrogen-bond acceptors (Lipinski definition) is 3. The van der Waals surface area contributed by atoms with Crippen molar-refractivity contribution in [3.05, 3.63) is 27.7 Å². The van der Waals surface area contributed by atoms with Gasteiger partial charge < -0.3 is 19.1 Å². The molecule has 4 nitrogen and oxygen atoms in total. The number of halogens is 2. The summed E-state index contributed by atoms with van der Waals surface area (Å²) in [6.07, 6.45) is 0.675. The second-order valence-corrected chi connectivity index (χ2v) is 6.99. The Hall–Kier alpha value is -0.330. The van der Waals surface area contributed by atoms with Crippen LogP contribution in [0.5, 0.6) is 5.75 Å². The molecule has 0 aromatic heterocycles. The number of morpholine rings is 1. The molecule has 6 heteroatoms. The van der Waals surface area contributed by atoms with E-state index in [2.05, 4.69) is 29.8 Å². The number of hydrogen-bond donors (Lipinski definition) is 1. The molecule has 1 fully saturated rings. The molecule has 1 unspecified atom stereocenters. The fourth-order valence-corrected chi connectivity index (χ4v) is 3.51. The van der Waals surface area contributed by atoms with Crippen LogP contribution in [0.4, 0.5) is 0 Å². The van der Waals surface area contributed by atoms with Crippen molar-refractivity contribution in [3.63, 3.8) is 0 Å². The zero-order chi connectivity index (χ0) is 15.9. The molecule has 1 aliphatic rings. The first kappa shape index (κ1) is 18.0. The van der Waals surface area contributed by atoms with Crippen molar-refractivity contribution in [1.29, 1.82) is 0 Å². The van der Waals surface area contributed by atoms with Gasteiger partial charge in [-0.25, -0.2) is 0 Å².